The zero-order valence-corrected chi connectivity index (χ0v) is 13.3. The maximum absolute atomic E-state index is 5.15. The maximum Gasteiger partial charge on any atom is 2.00 e. The second-order valence-electron chi connectivity index (χ2n) is 3.95. The average Bonchev–Trinajstić information content (AvgIpc) is 2.89. The molecule has 2 aliphatic rings. The van der Waals surface area contributed by atoms with E-state index in [1.54, 1.807) is 0 Å². The first-order chi connectivity index (χ1) is 7.63. The Bertz CT molecular complexity index is 181. The largest absolute Gasteiger partial charge is 2.00 e. The first-order valence-corrected chi connectivity index (χ1v) is 5.79. The van der Waals surface area contributed by atoms with Crippen LogP contribution in [0.3, 0.4) is 0 Å². The smallest absolute Gasteiger partial charge is 0.786 e. The van der Waals surface area contributed by atoms with Gasteiger partial charge in [-0.25, -0.2) is 0 Å². The van der Waals surface area contributed by atoms with Gasteiger partial charge in [0.25, 0.3) is 0 Å². The summed E-state index contributed by atoms with van der Waals surface area (Å²) < 4.78 is 0. The van der Waals surface area contributed by atoms with Gasteiger partial charge in [0.15, 0.2) is 0 Å². The summed E-state index contributed by atoms with van der Waals surface area (Å²) in [4.78, 5) is 2.16. The van der Waals surface area contributed by atoms with Crippen LogP contribution >= 0.6 is 0 Å². The summed E-state index contributed by atoms with van der Waals surface area (Å²) >= 11 is 5.15. The van der Waals surface area contributed by atoms with E-state index in [-0.39, 0.29) is 35.9 Å². The van der Waals surface area contributed by atoms with Crippen LogP contribution < -0.4 is 18.9 Å². The molecule has 2 rings (SSSR count). The molecular formula is C14H18FeLiNS+2. The molecule has 1 atom stereocenters. The van der Waals surface area contributed by atoms with Gasteiger partial charge in [-0.1, -0.05) is 6.42 Å². The van der Waals surface area contributed by atoms with Gasteiger partial charge in [-0.2, -0.15) is 5.25 Å². The quantitative estimate of drug-likeness (QED) is 0.487. The topological polar surface area (TPSA) is 3.24 Å². The molecule has 10 radical (unpaired) electrons. The van der Waals surface area contributed by atoms with E-state index in [4.69, 9.17) is 12.6 Å². The van der Waals surface area contributed by atoms with Crippen molar-refractivity contribution < 1.29 is 35.9 Å². The van der Waals surface area contributed by atoms with Gasteiger partial charge in [-0.15, -0.1) is 0 Å². The van der Waals surface area contributed by atoms with Gasteiger partial charge in [0.05, 0.1) is 0 Å². The van der Waals surface area contributed by atoms with Crippen LogP contribution in [0.1, 0.15) is 6.92 Å². The number of rotatable bonds is 2. The Kier molecular flexibility index (Phi) is 14.7. The van der Waals surface area contributed by atoms with Gasteiger partial charge in [0.2, 0.25) is 0 Å². The fraction of sp³-hybridized carbons (Fsp3) is 0.286. The van der Waals surface area contributed by atoms with Crippen molar-refractivity contribution in [3.05, 3.63) is 62.5 Å². The van der Waals surface area contributed by atoms with E-state index in [9.17, 15) is 0 Å². The predicted molar refractivity (Wildman–Crippen MR) is 71.4 cm³/mol. The Hall–Kier alpha value is 1.43. The Balaban J connectivity index is 0. The van der Waals surface area contributed by atoms with Crippen molar-refractivity contribution in [3.63, 3.8) is 0 Å². The third-order valence-corrected chi connectivity index (χ3v) is 2.96. The van der Waals surface area contributed by atoms with Crippen LogP contribution in [-0.4, -0.2) is 25.0 Å². The van der Waals surface area contributed by atoms with Gasteiger partial charge >= 0.3 is 35.9 Å². The molecule has 0 bridgehead atoms. The molecule has 0 aromatic rings. The fourth-order valence-corrected chi connectivity index (χ4v) is 1.68. The van der Waals surface area contributed by atoms with Crippen molar-refractivity contribution in [1.82, 2.24) is 4.90 Å². The molecule has 92 valence electrons. The molecule has 0 aliphatic heterocycles. The second kappa shape index (κ2) is 12.2. The van der Waals surface area contributed by atoms with Crippen molar-refractivity contribution in [2.45, 2.75) is 13.0 Å². The number of nitrogens with zero attached hydrogens (tertiary/aromatic N) is 1. The SMILES string of the molecule is C[C@@H]([C]1[CH][CH][CH][C]1[S-])N(C)C.[CH]1[CH][CH][CH][CH]1.[Fe+2].[Li+]. The fourth-order valence-electron chi connectivity index (χ4n) is 1.36. The van der Waals surface area contributed by atoms with Crippen LogP contribution in [0.2, 0.25) is 0 Å². The Morgan fingerprint density at radius 1 is 0.944 bits per heavy atom. The Morgan fingerprint density at radius 2 is 1.39 bits per heavy atom. The van der Waals surface area contributed by atoms with E-state index >= 15 is 0 Å². The Labute approximate surface area is 142 Å². The number of hydrogen-bond acceptors (Lipinski definition) is 2. The second-order valence-corrected chi connectivity index (χ2v) is 4.39. The van der Waals surface area contributed by atoms with E-state index < -0.39 is 0 Å². The van der Waals surface area contributed by atoms with E-state index in [1.807, 2.05) is 44.9 Å². The molecule has 0 heterocycles. The third kappa shape index (κ3) is 7.88. The van der Waals surface area contributed by atoms with Crippen LogP contribution in [0.5, 0.6) is 0 Å². The van der Waals surface area contributed by atoms with E-state index in [2.05, 4.69) is 32.3 Å². The molecule has 2 aliphatic carbocycles. The van der Waals surface area contributed by atoms with Crippen molar-refractivity contribution in [2.75, 3.05) is 14.1 Å². The van der Waals surface area contributed by atoms with Crippen LogP contribution in [-0.2, 0) is 29.7 Å². The van der Waals surface area contributed by atoms with E-state index in [0.29, 0.717) is 6.04 Å². The van der Waals surface area contributed by atoms with Crippen LogP contribution in [0.4, 0.5) is 0 Å². The molecule has 4 heteroatoms. The zero-order chi connectivity index (χ0) is 12.0. The molecule has 0 aromatic carbocycles. The molecular weight excluding hydrogens is 277 g/mol. The molecule has 0 unspecified atom stereocenters. The molecule has 2 saturated carbocycles. The Morgan fingerprint density at radius 3 is 1.67 bits per heavy atom. The van der Waals surface area contributed by atoms with Gasteiger partial charge in [0.1, 0.15) is 0 Å². The summed E-state index contributed by atoms with van der Waals surface area (Å²) in [6.07, 6.45) is 16.1. The maximum atomic E-state index is 5.15. The summed E-state index contributed by atoms with van der Waals surface area (Å²) in [5, 5.41) is 0.978. The van der Waals surface area contributed by atoms with Gasteiger partial charge in [-0.3, -0.25) is 0 Å². The monoisotopic (exact) mass is 295 g/mol. The minimum atomic E-state index is 0. The predicted octanol–water partition coefficient (Wildman–Crippen LogP) is -0.761. The van der Waals surface area contributed by atoms with Gasteiger partial charge in [0, 0.05) is 6.04 Å². The summed E-state index contributed by atoms with van der Waals surface area (Å²) in [5.41, 5.74) is 0. The first kappa shape index (κ1) is 21.7. The molecule has 1 nitrogen and oxygen atoms in total. The summed E-state index contributed by atoms with van der Waals surface area (Å²) in [6, 6.07) is 0.428. The molecule has 0 saturated heterocycles. The van der Waals surface area contributed by atoms with Crippen molar-refractivity contribution in [2.24, 2.45) is 0 Å². The van der Waals surface area contributed by atoms with E-state index in [0.717, 1.165) is 5.25 Å². The molecule has 0 aromatic heterocycles. The van der Waals surface area contributed by atoms with Crippen molar-refractivity contribution in [1.29, 1.82) is 0 Å². The van der Waals surface area contributed by atoms with E-state index in [1.165, 1.54) is 5.92 Å². The summed E-state index contributed by atoms with van der Waals surface area (Å²) in [6.45, 7) is 2.16. The third-order valence-electron chi connectivity index (χ3n) is 2.59. The van der Waals surface area contributed by atoms with Crippen LogP contribution in [0.15, 0.2) is 0 Å². The van der Waals surface area contributed by atoms with Crippen molar-refractivity contribution >= 4 is 12.6 Å². The van der Waals surface area contributed by atoms with Gasteiger partial charge < -0.3 is 17.5 Å². The standard InChI is InChI=1S/C9H13NS.C5H5.Fe.Li/c1-7(10(2)3)8-5-4-6-9(8)11;1-2-4-5-3-1;;/h4-7H,1-3H3;1-5H;;/q-1;;+2;+1/t7-;;;/m0.../s1. The summed E-state index contributed by atoms with van der Waals surface area (Å²) in [7, 11) is 4.12. The molecule has 2 fully saturated rings. The first-order valence-electron chi connectivity index (χ1n) is 5.38. The van der Waals surface area contributed by atoms with Crippen LogP contribution in [0, 0.1) is 62.5 Å². The zero-order valence-electron chi connectivity index (χ0n) is 11.4. The van der Waals surface area contributed by atoms with Crippen molar-refractivity contribution in [3.8, 4) is 0 Å². The van der Waals surface area contributed by atoms with Gasteiger partial charge in [-0.05, 0) is 71.9 Å². The minimum absolute atomic E-state index is 0. The molecule has 18 heavy (non-hydrogen) atoms. The molecule has 0 amide bonds. The average molecular weight is 295 g/mol. The normalized spacial score (nSPS) is 21.8. The summed E-state index contributed by atoms with van der Waals surface area (Å²) in [5.74, 6) is 1.25. The minimum Gasteiger partial charge on any atom is -0.786 e. The number of hydrogen-bond donors (Lipinski definition) is 0. The molecule has 0 N–H and O–H groups in total. The molecule has 0 spiro atoms. The van der Waals surface area contributed by atoms with Crippen LogP contribution in [0.25, 0.3) is 0 Å².